The van der Waals surface area contributed by atoms with Crippen LogP contribution in [0.1, 0.15) is 23.0 Å². The lowest BCUT2D eigenvalue weighted by molar-refractivity contribution is 0.0693. The maximum atomic E-state index is 13.6. The van der Waals surface area contributed by atoms with Gasteiger partial charge in [-0.3, -0.25) is 4.68 Å². The van der Waals surface area contributed by atoms with Gasteiger partial charge in [0.05, 0.1) is 5.69 Å². The first-order valence-electron chi connectivity index (χ1n) is 5.59. The summed E-state index contributed by atoms with van der Waals surface area (Å²) in [6.07, 6.45) is 2.37. The highest BCUT2D eigenvalue weighted by molar-refractivity contribution is 5.96. The van der Waals surface area contributed by atoms with Crippen molar-refractivity contribution in [3.63, 3.8) is 0 Å². The van der Waals surface area contributed by atoms with Crippen LogP contribution in [0.3, 0.4) is 0 Å². The van der Waals surface area contributed by atoms with Crippen molar-refractivity contribution < 1.29 is 14.3 Å². The van der Waals surface area contributed by atoms with E-state index in [0.29, 0.717) is 17.5 Å². The molecule has 0 unspecified atom stereocenters. The number of halogens is 1. The van der Waals surface area contributed by atoms with Gasteiger partial charge in [0.2, 0.25) is 0 Å². The second kappa shape index (κ2) is 4.60. The van der Waals surface area contributed by atoms with E-state index in [1.807, 2.05) is 6.92 Å². The number of carboxylic acids is 1. The van der Waals surface area contributed by atoms with Crippen LogP contribution < -0.4 is 0 Å². The van der Waals surface area contributed by atoms with Gasteiger partial charge in [-0.1, -0.05) is 19.1 Å². The van der Waals surface area contributed by atoms with Crippen LogP contribution in [-0.2, 0) is 13.5 Å². The van der Waals surface area contributed by atoms with Crippen molar-refractivity contribution in [3.8, 4) is 11.1 Å². The van der Waals surface area contributed by atoms with Gasteiger partial charge in [0.15, 0.2) is 0 Å². The number of rotatable bonds is 3. The minimum absolute atomic E-state index is 0.305. The SMILES string of the molecule is CCc1nn(C)cc1-c1cccc(F)c1C(=O)O. The molecule has 0 bridgehead atoms. The maximum absolute atomic E-state index is 13.6. The Morgan fingerprint density at radius 2 is 2.17 bits per heavy atom. The lowest BCUT2D eigenvalue weighted by Gasteiger charge is -2.06. The topological polar surface area (TPSA) is 55.1 Å². The van der Waals surface area contributed by atoms with Crippen LogP contribution >= 0.6 is 0 Å². The Bertz CT molecular complexity index is 605. The molecule has 2 aromatic rings. The molecule has 1 heterocycles. The number of hydrogen-bond acceptors (Lipinski definition) is 2. The average molecular weight is 248 g/mol. The van der Waals surface area contributed by atoms with Crippen molar-refractivity contribution in [1.29, 1.82) is 0 Å². The monoisotopic (exact) mass is 248 g/mol. The lowest BCUT2D eigenvalue weighted by Crippen LogP contribution is -2.03. The first-order valence-corrected chi connectivity index (χ1v) is 5.59. The molecular formula is C13H13FN2O2. The molecule has 0 aliphatic rings. The smallest absolute Gasteiger partial charge is 0.339 e. The quantitative estimate of drug-likeness (QED) is 0.907. The minimum atomic E-state index is -1.27. The summed E-state index contributed by atoms with van der Waals surface area (Å²) in [5.41, 5.74) is 1.48. The molecule has 0 atom stereocenters. The number of aryl methyl sites for hydroxylation is 2. The third-order valence-corrected chi connectivity index (χ3v) is 2.76. The Balaban J connectivity index is 2.70. The summed E-state index contributed by atoms with van der Waals surface area (Å²) >= 11 is 0. The predicted octanol–water partition coefficient (Wildman–Crippen LogP) is 2.49. The van der Waals surface area contributed by atoms with Gasteiger partial charge in [-0.05, 0) is 12.5 Å². The maximum Gasteiger partial charge on any atom is 0.339 e. The Labute approximate surface area is 104 Å². The fraction of sp³-hybridized carbons (Fsp3) is 0.231. The van der Waals surface area contributed by atoms with Gasteiger partial charge < -0.3 is 5.11 Å². The van der Waals surface area contributed by atoms with Gasteiger partial charge in [0, 0.05) is 24.4 Å². The third kappa shape index (κ3) is 1.99. The van der Waals surface area contributed by atoms with Crippen LogP contribution in [-0.4, -0.2) is 20.9 Å². The highest BCUT2D eigenvalue weighted by atomic mass is 19.1. The summed E-state index contributed by atoms with van der Waals surface area (Å²) in [5, 5.41) is 13.3. The molecule has 5 heteroatoms. The third-order valence-electron chi connectivity index (χ3n) is 2.76. The zero-order valence-electron chi connectivity index (χ0n) is 10.1. The van der Waals surface area contributed by atoms with Crippen LogP contribution in [0.5, 0.6) is 0 Å². The summed E-state index contributed by atoms with van der Waals surface area (Å²) in [5.74, 6) is -2.00. The molecule has 0 saturated heterocycles. The van der Waals surface area contributed by atoms with E-state index in [1.165, 1.54) is 6.07 Å². The summed E-state index contributed by atoms with van der Waals surface area (Å²) in [7, 11) is 1.75. The fourth-order valence-electron chi connectivity index (χ4n) is 1.99. The minimum Gasteiger partial charge on any atom is -0.478 e. The van der Waals surface area contributed by atoms with Crippen molar-refractivity contribution in [1.82, 2.24) is 9.78 Å². The van der Waals surface area contributed by atoms with E-state index >= 15 is 0 Å². The number of aromatic carboxylic acids is 1. The van der Waals surface area contributed by atoms with E-state index in [0.717, 1.165) is 11.8 Å². The van der Waals surface area contributed by atoms with Crippen LogP contribution in [0, 0.1) is 5.82 Å². The summed E-state index contributed by atoms with van der Waals surface area (Å²) in [6, 6.07) is 4.25. The first-order chi connectivity index (χ1) is 8.54. The second-order valence-corrected chi connectivity index (χ2v) is 3.98. The largest absolute Gasteiger partial charge is 0.478 e. The van der Waals surface area contributed by atoms with Crippen LogP contribution in [0.4, 0.5) is 4.39 Å². The summed E-state index contributed by atoms with van der Waals surface area (Å²) < 4.78 is 15.2. The van der Waals surface area contributed by atoms with Gasteiger partial charge in [-0.25, -0.2) is 9.18 Å². The van der Waals surface area contributed by atoms with E-state index in [2.05, 4.69) is 5.10 Å². The molecule has 0 spiro atoms. The van der Waals surface area contributed by atoms with Crippen molar-refractivity contribution in [2.24, 2.45) is 7.05 Å². The van der Waals surface area contributed by atoms with Crippen molar-refractivity contribution in [2.45, 2.75) is 13.3 Å². The van der Waals surface area contributed by atoms with Crippen molar-refractivity contribution in [2.75, 3.05) is 0 Å². The van der Waals surface area contributed by atoms with Gasteiger partial charge in [-0.2, -0.15) is 5.10 Å². The molecule has 1 aromatic carbocycles. The number of benzene rings is 1. The fourth-order valence-corrected chi connectivity index (χ4v) is 1.99. The number of nitrogens with zero attached hydrogens (tertiary/aromatic N) is 2. The molecule has 18 heavy (non-hydrogen) atoms. The molecule has 94 valence electrons. The van der Waals surface area contributed by atoms with Crippen molar-refractivity contribution in [3.05, 3.63) is 41.5 Å². The Kier molecular flexibility index (Phi) is 3.14. The molecule has 1 N–H and O–H groups in total. The highest BCUT2D eigenvalue weighted by Gasteiger charge is 2.19. The van der Waals surface area contributed by atoms with Crippen molar-refractivity contribution >= 4 is 5.97 Å². The molecule has 0 aliphatic carbocycles. The molecule has 0 fully saturated rings. The zero-order valence-corrected chi connectivity index (χ0v) is 10.1. The highest BCUT2D eigenvalue weighted by Crippen LogP contribution is 2.28. The lowest BCUT2D eigenvalue weighted by atomic mass is 9.99. The van der Waals surface area contributed by atoms with Crippen LogP contribution in [0.25, 0.3) is 11.1 Å². The van der Waals surface area contributed by atoms with E-state index in [9.17, 15) is 9.18 Å². The van der Waals surface area contributed by atoms with Gasteiger partial charge in [-0.15, -0.1) is 0 Å². The summed E-state index contributed by atoms with van der Waals surface area (Å²) in [6.45, 7) is 1.92. The number of aromatic nitrogens is 2. The van der Waals surface area contributed by atoms with Gasteiger partial charge in [0.25, 0.3) is 0 Å². The molecule has 0 aliphatic heterocycles. The van der Waals surface area contributed by atoms with E-state index in [-0.39, 0.29) is 5.56 Å². The first kappa shape index (κ1) is 12.3. The van der Waals surface area contributed by atoms with Gasteiger partial charge in [0.1, 0.15) is 11.4 Å². The van der Waals surface area contributed by atoms with Crippen LogP contribution in [0.2, 0.25) is 0 Å². The second-order valence-electron chi connectivity index (χ2n) is 3.98. The molecule has 1 aromatic heterocycles. The standard InChI is InChI=1S/C13H13FN2O2/c1-3-11-9(7-16(2)15-11)8-5-4-6-10(14)12(8)13(17)18/h4-7H,3H2,1-2H3,(H,17,18). The number of carboxylic acid groups (broad SMARTS) is 1. The Morgan fingerprint density at radius 3 is 2.78 bits per heavy atom. The van der Waals surface area contributed by atoms with E-state index in [4.69, 9.17) is 5.11 Å². The molecular weight excluding hydrogens is 235 g/mol. The average Bonchev–Trinajstić information content (AvgIpc) is 2.69. The normalized spacial score (nSPS) is 10.6. The molecule has 2 rings (SSSR count). The molecule has 0 radical (unpaired) electrons. The zero-order chi connectivity index (χ0) is 13.3. The number of carbonyl (C=O) groups is 1. The molecule has 0 amide bonds. The van der Waals surface area contributed by atoms with E-state index < -0.39 is 11.8 Å². The molecule has 0 saturated carbocycles. The molecule has 4 nitrogen and oxygen atoms in total. The van der Waals surface area contributed by atoms with Gasteiger partial charge >= 0.3 is 5.97 Å². The summed E-state index contributed by atoms with van der Waals surface area (Å²) in [4.78, 5) is 11.2. The van der Waals surface area contributed by atoms with E-state index in [1.54, 1.807) is 24.0 Å². The predicted molar refractivity (Wildman–Crippen MR) is 64.9 cm³/mol. The van der Waals surface area contributed by atoms with Crippen LogP contribution in [0.15, 0.2) is 24.4 Å². The Morgan fingerprint density at radius 1 is 1.44 bits per heavy atom. The number of hydrogen-bond donors (Lipinski definition) is 1. The Hall–Kier alpha value is -2.17.